The SMILES string of the molecule is Cc1ccc(F)cc1COC(=O)c1cccc(N)c1Cl. The van der Waals surface area contributed by atoms with E-state index in [0.717, 1.165) is 5.56 Å². The largest absolute Gasteiger partial charge is 0.457 e. The maximum absolute atomic E-state index is 13.1. The predicted octanol–water partition coefficient (Wildman–Crippen LogP) is 3.73. The highest BCUT2D eigenvalue weighted by Gasteiger charge is 2.14. The minimum absolute atomic E-state index is 0.0203. The summed E-state index contributed by atoms with van der Waals surface area (Å²) >= 11 is 5.94. The zero-order valence-electron chi connectivity index (χ0n) is 10.8. The van der Waals surface area contributed by atoms with Crippen LogP contribution >= 0.6 is 11.6 Å². The van der Waals surface area contributed by atoms with E-state index in [4.69, 9.17) is 22.1 Å². The molecule has 0 aromatic heterocycles. The van der Waals surface area contributed by atoms with Gasteiger partial charge in [0.15, 0.2) is 0 Å². The molecule has 2 aromatic carbocycles. The number of ether oxygens (including phenoxy) is 1. The average Bonchev–Trinajstić information content (AvgIpc) is 2.42. The zero-order valence-corrected chi connectivity index (χ0v) is 11.6. The van der Waals surface area contributed by atoms with Gasteiger partial charge in [0.2, 0.25) is 0 Å². The highest BCUT2D eigenvalue weighted by molar-refractivity contribution is 6.36. The number of aryl methyl sites for hydroxylation is 1. The first-order valence-corrected chi connectivity index (χ1v) is 6.33. The molecule has 0 fully saturated rings. The molecular formula is C15H13ClFNO2. The summed E-state index contributed by atoms with van der Waals surface area (Å²) in [5.41, 5.74) is 7.58. The van der Waals surface area contributed by atoms with Gasteiger partial charge in [0.1, 0.15) is 12.4 Å². The van der Waals surface area contributed by atoms with Gasteiger partial charge in [0.25, 0.3) is 0 Å². The van der Waals surface area contributed by atoms with Gasteiger partial charge < -0.3 is 10.5 Å². The van der Waals surface area contributed by atoms with Crippen molar-refractivity contribution >= 4 is 23.3 Å². The van der Waals surface area contributed by atoms with E-state index in [1.54, 1.807) is 18.2 Å². The Morgan fingerprint density at radius 3 is 2.85 bits per heavy atom. The van der Waals surface area contributed by atoms with E-state index in [1.807, 2.05) is 6.92 Å². The summed E-state index contributed by atoms with van der Waals surface area (Å²) in [6.07, 6.45) is 0. The van der Waals surface area contributed by atoms with Crippen molar-refractivity contribution in [1.29, 1.82) is 0 Å². The van der Waals surface area contributed by atoms with Gasteiger partial charge >= 0.3 is 5.97 Å². The standard InChI is InChI=1S/C15H13ClFNO2/c1-9-5-6-11(17)7-10(9)8-20-15(19)12-3-2-4-13(18)14(12)16/h2-7H,8,18H2,1H3. The molecule has 5 heteroatoms. The maximum atomic E-state index is 13.1. The van der Waals surface area contributed by atoms with E-state index in [0.29, 0.717) is 11.3 Å². The summed E-state index contributed by atoms with van der Waals surface area (Å²) < 4.78 is 18.3. The predicted molar refractivity (Wildman–Crippen MR) is 76.1 cm³/mol. The van der Waals surface area contributed by atoms with Gasteiger partial charge in [-0.15, -0.1) is 0 Å². The number of anilines is 1. The fourth-order valence-corrected chi connectivity index (χ4v) is 1.93. The van der Waals surface area contributed by atoms with Crippen LogP contribution in [0.2, 0.25) is 5.02 Å². The summed E-state index contributed by atoms with van der Waals surface area (Å²) in [5.74, 6) is -0.963. The maximum Gasteiger partial charge on any atom is 0.340 e. The summed E-state index contributed by atoms with van der Waals surface area (Å²) in [5, 5.41) is 0.161. The highest BCUT2D eigenvalue weighted by Crippen LogP contribution is 2.24. The number of benzene rings is 2. The van der Waals surface area contributed by atoms with E-state index in [1.165, 1.54) is 18.2 Å². The van der Waals surface area contributed by atoms with Gasteiger partial charge in [-0.05, 0) is 42.3 Å². The molecule has 2 rings (SSSR count). The molecule has 0 amide bonds. The summed E-state index contributed by atoms with van der Waals surface area (Å²) in [4.78, 5) is 11.9. The second-order valence-corrected chi connectivity index (χ2v) is 4.73. The third-order valence-electron chi connectivity index (χ3n) is 2.92. The number of rotatable bonds is 3. The Morgan fingerprint density at radius 2 is 2.10 bits per heavy atom. The lowest BCUT2D eigenvalue weighted by Gasteiger charge is -2.09. The van der Waals surface area contributed by atoms with Crippen LogP contribution in [0.5, 0.6) is 0 Å². The summed E-state index contributed by atoms with van der Waals surface area (Å²) in [7, 11) is 0. The van der Waals surface area contributed by atoms with Gasteiger partial charge in [-0.2, -0.15) is 0 Å². The Balaban J connectivity index is 2.13. The third kappa shape index (κ3) is 3.08. The Labute approximate surface area is 121 Å². The Kier molecular flexibility index (Phi) is 4.25. The molecular weight excluding hydrogens is 281 g/mol. The van der Waals surface area contributed by atoms with Crippen molar-refractivity contribution < 1.29 is 13.9 Å². The van der Waals surface area contributed by atoms with Crippen LogP contribution in [0.4, 0.5) is 10.1 Å². The minimum atomic E-state index is -0.592. The fraction of sp³-hybridized carbons (Fsp3) is 0.133. The van der Waals surface area contributed by atoms with E-state index in [9.17, 15) is 9.18 Å². The number of nitrogens with two attached hydrogens (primary N) is 1. The molecule has 0 radical (unpaired) electrons. The molecule has 0 atom stereocenters. The van der Waals surface area contributed by atoms with Crippen LogP contribution < -0.4 is 5.73 Å². The van der Waals surface area contributed by atoms with Gasteiger partial charge in [-0.1, -0.05) is 23.7 Å². The molecule has 2 N–H and O–H groups in total. The van der Waals surface area contributed by atoms with Crippen molar-refractivity contribution in [3.63, 3.8) is 0 Å². The number of carbonyl (C=O) groups excluding carboxylic acids is 1. The monoisotopic (exact) mass is 293 g/mol. The lowest BCUT2D eigenvalue weighted by molar-refractivity contribution is 0.0472. The van der Waals surface area contributed by atoms with Crippen LogP contribution in [-0.2, 0) is 11.3 Å². The van der Waals surface area contributed by atoms with E-state index in [-0.39, 0.29) is 23.0 Å². The first kappa shape index (κ1) is 14.3. The Bertz CT molecular complexity index is 658. The smallest absolute Gasteiger partial charge is 0.340 e. The Hall–Kier alpha value is -2.07. The normalized spacial score (nSPS) is 10.3. The molecule has 0 unspecified atom stereocenters. The lowest BCUT2D eigenvalue weighted by atomic mass is 10.1. The third-order valence-corrected chi connectivity index (χ3v) is 3.34. The molecule has 0 aliphatic rings. The van der Waals surface area contributed by atoms with Crippen LogP contribution in [0.25, 0.3) is 0 Å². The summed E-state index contributed by atoms with van der Waals surface area (Å²) in [6.45, 7) is 1.80. The highest BCUT2D eigenvalue weighted by atomic mass is 35.5. The number of carbonyl (C=O) groups is 1. The molecule has 2 aromatic rings. The average molecular weight is 294 g/mol. The molecule has 0 spiro atoms. The van der Waals surface area contributed by atoms with E-state index in [2.05, 4.69) is 0 Å². The molecule has 0 bridgehead atoms. The molecule has 3 nitrogen and oxygen atoms in total. The van der Waals surface area contributed by atoms with Crippen LogP contribution in [-0.4, -0.2) is 5.97 Å². The van der Waals surface area contributed by atoms with E-state index < -0.39 is 5.97 Å². The topological polar surface area (TPSA) is 52.3 Å². The number of hydrogen-bond acceptors (Lipinski definition) is 3. The second kappa shape index (κ2) is 5.92. The Morgan fingerprint density at radius 1 is 1.35 bits per heavy atom. The van der Waals surface area contributed by atoms with Crippen molar-refractivity contribution in [2.75, 3.05) is 5.73 Å². The summed E-state index contributed by atoms with van der Waals surface area (Å²) in [6, 6.07) is 9.06. The first-order valence-electron chi connectivity index (χ1n) is 5.95. The van der Waals surface area contributed by atoms with Crippen molar-refractivity contribution in [3.8, 4) is 0 Å². The molecule has 0 saturated carbocycles. The van der Waals surface area contributed by atoms with Crippen molar-refractivity contribution in [2.45, 2.75) is 13.5 Å². The zero-order chi connectivity index (χ0) is 14.7. The van der Waals surface area contributed by atoms with Crippen molar-refractivity contribution in [1.82, 2.24) is 0 Å². The molecule has 0 aliphatic carbocycles. The van der Waals surface area contributed by atoms with Crippen LogP contribution in [0.1, 0.15) is 21.5 Å². The number of halogens is 2. The number of hydrogen-bond donors (Lipinski definition) is 1. The quantitative estimate of drug-likeness (QED) is 0.693. The van der Waals surface area contributed by atoms with Crippen LogP contribution in [0.15, 0.2) is 36.4 Å². The van der Waals surface area contributed by atoms with Crippen LogP contribution in [0, 0.1) is 12.7 Å². The molecule has 0 heterocycles. The molecule has 20 heavy (non-hydrogen) atoms. The van der Waals surface area contributed by atoms with Crippen molar-refractivity contribution in [3.05, 3.63) is 63.9 Å². The minimum Gasteiger partial charge on any atom is -0.457 e. The first-order chi connectivity index (χ1) is 9.49. The number of esters is 1. The van der Waals surface area contributed by atoms with Gasteiger partial charge in [-0.3, -0.25) is 0 Å². The number of nitrogen functional groups attached to an aromatic ring is 1. The van der Waals surface area contributed by atoms with Crippen molar-refractivity contribution in [2.24, 2.45) is 0 Å². The second-order valence-electron chi connectivity index (χ2n) is 4.36. The lowest BCUT2D eigenvalue weighted by Crippen LogP contribution is -2.07. The van der Waals surface area contributed by atoms with Crippen LogP contribution in [0.3, 0.4) is 0 Å². The van der Waals surface area contributed by atoms with E-state index >= 15 is 0 Å². The van der Waals surface area contributed by atoms with Gasteiger partial charge in [0.05, 0.1) is 16.3 Å². The molecule has 104 valence electrons. The van der Waals surface area contributed by atoms with Gasteiger partial charge in [0, 0.05) is 0 Å². The van der Waals surface area contributed by atoms with Gasteiger partial charge in [-0.25, -0.2) is 9.18 Å². The molecule has 0 aliphatic heterocycles. The fourth-order valence-electron chi connectivity index (χ4n) is 1.72. The molecule has 0 saturated heterocycles.